The molecular weight excluding hydrogens is 357 g/mol. The molecule has 0 saturated carbocycles. The summed E-state index contributed by atoms with van der Waals surface area (Å²) < 4.78 is 18.3. The first kappa shape index (κ1) is 17.7. The van der Waals surface area contributed by atoms with Gasteiger partial charge in [-0.25, -0.2) is 9.37 Å². The highest BCUT2D eigenvalue weighted by Crippen LogP contribution is 2.21. The molecule has 1 aromatic heterocycles. The fourth-order valence-corrected chi connectivity index (χ4v) is 2.41. The molecule has 0 unspecified atom stereocenters. The number of methoxy groups -OCH3 is 1. The number of halogens is 2. The van der Waals surface area contributed by atoms with E-state index in [0.717, 1.165) is 11.4 Å². The number of amides is 1. The number of ether oxygens (including phenoxy) is 1. The van der Waals surface area contributed by atoms with Gasteiger partial charge >= 0.3 is 0 Å². The topological polar surface area (TPSA) is 63.2 Å². The predicted molar refractivity (Wildman–Crippen MR) is 99.9 cm³/mol. The lowest BCUT2D eigenvalue weighted by Crippen LogP contribution is -2.12. The number of hydrogen-bond donors (Lipinski definition) is 2. The summed E-state index contributed by atoms with van der Waals surface area (Å²) in [5, 5.41) is 5.71. The second-order valence-corrected chi connectivity index (χ2v) is 5.78. The summed E-state index contributed by atoms with van der Waals surface area (Å²) in [5.41, 5.74) is 1.58. The summed E-state index contributed by atoms with van der Waals surface area (Å²) in [6.45, 7) is 0. The molecule has 0 aliphatic carbocycles. The molecule has 5 nitrogen and oxygen atoms in total. The van der Waals surface area contributed by atoms with Crippen molar-refractivity contribution in [3.8, 4) is 5.75 Å². The highest BCUT2D eigenvalue weighted by Gasteiger charge is 2.09. The second-order valence-electron chi connectivity index (χ2n) is 5.37. The quantitative estimate of drug-likeness (QED) is 0.671. The highest BCUT2D eigenvalue weighted by atomic mass is 35.5. The minimum Gasteiger partial charge on any atom is -0.497 e. The van der Waals surface area contributed by atoms with Crippen molar-refractivity contribution in [2.75, 3.05) is 17.7 Å². The van der Waals surface area contributed by atoms with Crippen molar-refractivity contribution < 1.29 is 13.9 Å². The van der Waals surface area contributed by atoms with E-state index in [1.807, 2.05) is 24.3 Å². The van der Waals surface area contributed by atoms with Gasteiger partial charge in [0, 0.05) is 23.6 Å². The number of hydrogen-bond acceptors (Lipinski definition) is 4. The van der Waals surface area contributed by atoms with Crippen LogP contribution in [0, 0.1) is 5.82 Å². The zero-order chi connectivity index (χ0) is 18.5. The van der Waals surface area contributed by atoms with Crippen LogP contribution >= 0.6 is 11.6 Å². The van der Waals surface area contributed by atoms with E-state index < -0.39 is 5.82 Å². The third-order valence-corrected chi connectivity index (χ3v) is 3.83. The van der Waals surface area contributed by atoms with E-state index in [4.69, 9.17) is 16.3 Å². The smallest absolute Gasteiger partial charge is 0.257 e. The number of carbonyl (C=O) groups excluding carboxylic acids is 1. The number of pyridine rings is 1. The fraction of sp³-hybridized carbons (Fsp3) is 0.0526. The molecule has 3 aromatic rings. The van der Waals surface area contributed by atoms with Crippen molar-refractivity contribution in [3.63, 3.8) is 0 Å². The van der Waals surface area contributed by atoms with Gasteiger partial charge in [0.1, 0.15) is 17.4 Å². The SMILES string of the molecule is COc1cccc(Nc2ccc(C(=O)Nc3ccc(F)c(Cl)c3)cn2)c1. The van der Waals surface area contributed by atoms with Crippen LogP contribution in [-0.4, -0.2) is 18.0 Å². The average Bonchev–Trinajstić information content (AvgIpc) is 2.65. The summed E-state index contributed by atoms with van der Waals surface area (Å²) in [6.07, 6.45) is 1.45. The Morgan fingerprint density at radius 2 is 1.96 bits per heavy atom. The summed E-state index contributed by atoms with van der Waals surface area (Å²) in [4.78, 5) is 16.5. The summed E-state index contributed by atoms with van der Waals surface area (Å²) in [7, 11) is 1.60. The van der Waals surface area contributed by atoms with Gasteiger partial charge in [-0.2, -0.15) is 0 Å². The number of nitrogens with zero attached hydrogens (tertiary/aromatic N) is 1. The van der Waals surface area contributed by atoms with Crippen molar-refractivity contribution in [1.82, 2.24) is 4.98 Å². The summed E-state index contributed by atoms with van der Waals surface area (Å²) in [5.74, 6) is 0.399. The van der Waals surface area contributed by atoms with Crippen LogP contribution in [0.5, 0.6) is 5.75 Å². The molecule has 0 saturated heterocycles. The van der Waals surface area contributed by atoms with E-state index in [1.54, 1.807) is 19.2 Å². The normalized spacial score (nSPS) is 10.3. The van der Waals surface area contributed by atoms with Crippen LogP contribution in [0.4, 0.5) is 21.6 Å². The van der Waals surface area contributed by atoms with Gasteiger partial charge in [0.05, 0.1) is 17.7 Å². The molecule has 0 aliphatic rings. The van der Waals surface area contributed by atoms with Gasteiger partial charge < -0.3 is 15.4 Å². The van der Waals surface area contributed by atoms with Crippen LogP contribution in [0.3, 0.4) is 0 Å². The second kappa shape index (κ2) is 7.84. The Hall–Kier alpha value is -3.12. The van der Waals surface area contributed by atoms with Crippen molar-refractivity contribution in [3.05, 3.63) is 77.2 Å². The Morgan fingerprint density at radius 3 is 2.65 bits per heavy atom. The third kappa shape index (κ3) is 4.29. The standard InChI is InChI=1S/C19H15ClFN3O2/c1-26-15-4-2-3-13(9-15)23-18-8-5-12(11-22-18)19(25)24-14-6-7-17(21)16(20)10-14/h2-11H,1H3,(H,22,23)(H,24,25). The first-order valence-corrected chi connectivity index (χ1v) is 8.06. The number of nitrogens with one attached hydrogen (secondary N) is 2. The van der Waals surface area contributed by atoms with E-state index in [9.17, 15) is 9.18 Å². The summed E-state index contributed by atoms with van der Waals surface area (Å²) in [6, 6.07) is 14.7. The van der Waals surface area contributed by atoms with Crippen LogP contribution in [0.1, 0.15) is 10.4 Å². The van der Waals surface area contributed by atoms with Gasteiger partial charge in [-0.3, -0.25) is 4.79 Å². The molecular formula is C19H15ClFN3O2. The van der Waals surface area contributed by atoms with Crippen molar-refractivity contribution in [1.29, 1.82) is 0 Å². The molecule has 26 heavy (non-hydrogen) atoms. The number of carbonyl (C=O) groups is 1. The lowest BCUT2D eigenvalue weighted by Gasteiger charge is -2.09. The monoisotopic (exact) mass is 371 g/mol. The molecule has 0 spiro atoms. The van der Waals surface area contributed by atoms with Crippen LogP contribution in [-0.2, 0) is 0 Å². The Morgan fingerprint density at radius 1 is 1.12 bits per heavy atom. The Balaban J connectivity index is 1.68. The van der Waals surface area contributed by atoms with E-state index in [-0.39, 0.29) is 10.9 Å². The molecule has 2 aromatic carbocycles. The van der Waals surface area contributed by atoms with Crippen molar-refractivity contribution >= 4 is 34.7 Å². The summed E-state index contributed by atoms with van der Waals surface area (Å²) >= 11 is 5.71. The Kier molecular flexibility index (Phi) is 5.34. The maximum atomic E-state index is 13.2. The highest BCUT2D eigenvalue weighted by molar-refractivity contribution is 6.31. The average molecular weight is 372 g/mol. The molecule has 0 radical (unpaired) electrons. The van der Waals surface area contributed by atoms with Crippen molar-refractivity contribution in [2.45, 2.75) is 0 Å². The largest absolute Gasteiger partial charge is 0.497 e. The minimum atomic E-state index is -0.542. The molecule has 0 aliphatic heterocycles. The van der Waals surface area contributed by atoms with Gasteiger partial charge in [0.15, 0.2) is 0 Å². The van der Waals surface area contributed by atoms with Crippen molar-refractivity contribution in [2.24, 2.45) is 0 Å². The van der Waals surface area contributed by atoms with E-state index >= 15 is 0 Å². The number of anilines is 3. The zero-order valence-electron chi connectivity index (χ0n) is 13.8. The zero-order valence-corrected chi connectivity index (χ0v) is 14.5. The van der Waals surface area contributed by atoms with E-state index in [2.05, 4.69) is 15.6 Å². The van der Waals surface area contributed by atoms with E-state index in [1.165, 1.54) is 24.4 Å². The fourth-order valence-electron chi connectivity index (χ4n) is 2.23. The molecule has 7 heteroatoms. The maximum Gasteiger partial charge on any atom is 0.257 e. The molecule has 2 N–H and O–H groups in total. The molecule has 0 bridgehead atoms. The number of rotatable bonds is 5. The lowest BCUT2D eigenvalue weighted by atomic mass is 10.2. The van der Waals surface area contributed by atoms with Crippen LogP contribution in [0.25, 0.3) is 0 Å². The third-order valence-electron chi connectivity index (χ3n) is 3.55. The molecule has 1 amide bonds. The van der Waals surface area contributed by atoms with Crippen LogP contribution in [0.2, 0.25) is 5.02 Å². The molecule has 0 fully saturated rings. The van der Waals surface area contributed by atoms with E-state index in [0.29, 0.717) is 17.1 Å². The van der Waals surface area contributed by atoms with Gasteiger partial charge in [-0.05, 0) is 42.5 Å². The maximum absolute atomic E-state index is 13.2. The van der Waals surface area contributed by atoms with Gasteiger partial charge in [0.25, 0.3) is 5.91 Å². The predicted octanol–water partition coefficient (Wildman–Crippen LogP) is 4.88. The first-order valence-electron chi connectivity index (χ1n) is 7.69. The molecule has 1 heterocycles. The van der Waals surface area contributed by atoms with Crippen LogP contribution in [0.15, 0.2) is 60.8 Å². The first-order chi connectivity index (χ1) is 12.5. The molecule has 0 atom stereocenters. The molecule has 3 rings (SSSR count). The number of aromatic nitrogens is 1. The minimum absolute atomic E-state index is 0.0567. The Labute approximate surface area is 154 Å². The number of benzene rings is 2. The van der Waals surface area contributed by atoms with Gasteiger partial charge in [0.2, 0.25) is 0 Å². The Bertz CT molecular complexity index is 932. The molecule has 132 valence electrons. The van der Waals surface area contributed by atoms with Gasteiger partial charge in [-0.15, -0.1) is 0 Å². The van der Waals surface area contributed by atoms with Crippen LogP contribution < -0.4 is 15.4 Å². The lowest BCUT2D eigenvalue weighted by molar-refractivity contribution is 0.102. The van der Waals surface area contributed by atoms with Gasteiger partial charge in [-0.1, -0.05) is 17.7 Å².